The molecule has 1 saturated heterocycles. The minimum absolute atomic E-state index is 0.00978. The van der Waals surface area contributed by atoms with Crippen molar-refractivity contribution in [3.05, 3.63) is 71.8 Å². The second-order valence-electron chi connectivity index (χ2n) is 11.3. The Morgan fingerprint density at radius 3 is 2.64 bits per heavy atom. The van der Waals surface area contributed by atoms with E-state index in [1.807, 2.05) is 57.2 Å². The summed E-state index contributed by atoms with van der Waals surface area (Å²) in [5, 5.41) is 1.94. The van der Waals surface area contributed by atoms with Gasteiger partial charge in [-0.1, -0.05) is 30.3 Å². The Balaban J connectivity index is 1.24. The first-order chi connectivity index (χ1) is 18.7. The van der Waals surface area contributed by atoms with Crippen LogP contribution in [0.2, 0.25) is 0 Å². The summed E-state index contributed by atoms with van der Waals surface area (Å²) in [7, 11) is 0. The maximum atomic E-state index is 13.2. The van der Waals surface area contributed by atoms with Crippen LogP contribution in [-0.2, 0) is 11.2 Å². The monoisotopic (exact) mass is 526 g/mol. The number of hydrogen-bond acceptors (Lipinski definition) is 6. The first kappa shape index (κ1) is 26.5. The highest BCUT2D eigenvalue weighted by Gasteiger charge is 2.28. The predicted molar refractivity (Wildman–Crippen MR) is 150 cm³/mol. The zero-order chi connectivity index (χ0) is 27.6. The van der Waals surface area contributed by atoms with Crippen molar-refractivity contribution in [3.8, 4) is 0 Å². The van der Waals surface area contributed by atoms with Gasteiger partial charge < -0.3 is 14.6 Å². The number of fused-ring (bicyclic) bond motifs is 2. The van der Waals surface area contributed by atoms with Gasteiger partial charge in [0.05, 0.1) is 17.5 Å². The van der Waals surface area contributed by atoms with Gasteiger partial charge in [-0.05, 0) is 69.5 Å². The van der Waals surface area contributed by atoms with Crippen LogP contribution >= 0.6 is 0 Å². The number of nitrogens with one attached hydrogen (secondary N) is 1. The Hall–Kier alpha value is -4.07. The number of likely N-dealkylation sites (tertiary alicyclic amines) is 1. The van der Waals surface area contributed by atoms with E-state index in [9.17, 15) is 14.4 Å². The number of carbonyl (C=O) groups excluding carboxylic acids is 3. The fraction of sp³-hybridized carbons (Fsp3) is 0.387. The van der Waals surface area contributed by atoms with Gasteiger partial charge in [0, 0.05) is 36.7 Å². The molecule has 39 heavy (non-hydrogen) atoms. The normalized spacial score (nSPS) is 16.0. The molecule has 1 atom stereocenters. The minimum Gasteiger partial charge on any atom is -0.444 e. The highest BCUT2D eigenvalue weighted by molar-refractivity contribution is 6.06. The molecule has 1 aliphatic heterocycles. The SMILES string of the molecule is CC(C)(C)OC(=O)N1CCC[C@H](CCC(=O)c2cccc3[nH]c(CC(=O)c4cc5ccccc5cn4)nc23)C1. The number of imidazole rings is 1. The van der Waals surface area contributed by atoms with Gasteiger partial charge in [0.2, 0.25) is 0 Å². The number of aromatic nitrogens is 3. The molecule has 0 unspecified atom stereocenters. The number of piperidine rings is 1. The predicted octanol–water partition coefficient (Wildman–Crippen LogP) is 6.15. The quantitative estimate of drug-likeness (QED) is 0.290. The number of H-pyrrole nitrogens is 1. The number of rotatable bonds is 7. The molecule has 1 amide bonds. The molecule has 2 aromatic heterocycles. The molecule has 1 fully saturated rings. The zero-order valence-electron chi connectivity index (χ0n) is 22.7. The second-order valence-corrected chi connectivity index (χ2v) is 11.3. The van der Waals surface area contributed by atoms with Crippen LogP contribution < -0.4 is 0 Å². The lowest BCUT2D eigenvalue weighted by Crippen LogP contribution is -2.42. The van der Waals surface area contributed by atoms with Gasteiger partial charge in [-0.2, -0.15) is 0 Å². The maximum absolute atomic E-state index is 13.2. The number of pyridine rings is 1. The van der Waals surface area contributed by atoms with Gasteiger partial charge in [0.1, 0.15) is 17.1 Å². The van der Waals surface area contributed by atoms with Gasteiger partial charge in [0.15, 0.2) is 11.6 Å². The molecule has 8 heteroatoms. The molecule has 4 aromatic rings. The number of ether oxygens (including phenoxy) is 1. The molecule has 0 bridgehead atoms. The first-order valence-corrected chi connectivity index (χ1v) is 13.5. The van der Waals surface area contributed by atoms with E-state index in [1.165, 1.54) is 0 Å². The van der Waals surface area contributed by atoms with Crippen LogP contribution in [0.25, 0.3) is 21.8 Å². The van der Waals surface area contributed by atoms with Crippen molar-refractivity contribution in [1.29, 1.82) is 0 Å². The van der Waals surface area contributed by atoms with E-state index >= 15 is 0 Å². The molecule has 2 aromatic carbocycles. The van der Waals surface area contributed by atoms with Gasteiger partial charge in [0.25, 0.3) is 0 Å². The molecule has 3 heterocycles. The van der Waals surface area contributed by atoms with Crippen molar-refractivity contribution >= 4 is 39.5 Å². The van der Waals surface area contributed by atoms with E-state index in [2.05, 4.69) is 15.0 Å². The molecule has 0 spiro atoms. The third kappa shape index (κ3) is 6.33. The van der Waals surface area contributed by atoms with Crippen molar-refractivity contribution in [3.63, 3.8) is 0 Å². The van der Waals surface area contributed by atoms with Crippen LogP contribution in [-0.4, -0.2) is 56.2 Å². The number of aromatic amines is 1. The minimum atomic E-state index is -0.530. The summed E-state index contributed by atoms with van der Waals surface area (Å²) in [4.78, 5) is 52.6. The number of carbonyl (C=O) groups is 3. The standard InChI is InChI=1S/C31H34N4O4/c1-31(2,3)39-30(38)35-15-7-8-20(19-35)13-14-26(36)23-11-6-12-24-29(23)34-28(33-24)17-27(37)25-16-21-9-4-5-10-22(21)18-32-25/h4-6,9-12,16,18,20H,7-8,13-15,17,19H2,1-3H3,(H,33,34)/t20-/m1/s1. The largest absolute Gasteiger partial charge is 0.444 e. The molecule has 5 rings (SSSR count). The van der Waals surface area contributed by atoms with Gasteiger partial charge >= 0.3 is 6.09 Å². The molecule has 1 N–H and O–H groups in total. The fourth-order valence-corrected chi connectivity index (χ4v) is 5.13. The number of ketones is 2. The summed E-state index contributed by atoms with van der Waals surface area (Å²) in [6.07, 6.45) is 4.42. The van der Waals surface area contributed by atoms with Crippen molar-refractivity contribution in [2.45, 2.75) is 58.5 Å². The molecule has 1 aliphatic rings. The third-order valence-electron chi connectivity index (χ3n) is 7.06. The Morgan fingerprint density at radius 2 is 1.85 bits per heavy atom. The lowest BCUT2D eigenvalue weighted by atomic mass is 9.91. The lowest BCUT2D eigenvalue weighted by Gasteiger charge is -2.34. The number of amides is 1. The highest BCUT2D eigenvalue weighted by Crippen LogP contribution is 2.25. The van der Waals surface area contributed by atoms with E-state index in [1.54, 1.807) is 23.2 Å². The van der Waals surface area contributed by atoms with E-state index in [0.717, 1.165) is 29.1 Å². The van der Waals surface area contributed by atoms with E-state index in [0.29, 0.717) is 48.5 Å². The van der Waals surface area contributed by atoms with Gasteiger partial charge in [-0.25, -0.2) is 9.78 Å². The number of benzene rings is 2. The molecule has 8 nitrogen and oxygen atoms in total. The fourth-order valence-electron chi connectivity index (χ4n) is 5.13. The number of hydrogen-bond donors (Lipinski definition) is 1. The third-order valence-corrected chi connectivity index (χ3v) is 7.06. The summed E-state index contributed by atoms with van der Waals surface area (Å²) in [5.74, 6) is 0.622. The van der Waals surface area contributed by atoms with Crippen LogP contribution in [0.5, 0.6) is 0 Å². The Bertz CT molecular complexity index is 1530. The van der Waals surface area contributed by atoms with Crippen LogP contribution in [0, 0.1) is 5.92 Å². The van der Waals surface area contributed by atoms with Gasteiger partial charge in [-0.3, -0.25) is 14.6 Å². The molecule has 0 aliphatic carbocycles. The zero-order valence-corrected chi connectivity index (χ0v) is 22.7. The van der Waals surface area contributed by atoms with Crippen LogP contribution in [0.4, 0.5) is 4.79 Å². The maximum Gasteiger partial charge on any atom is 0.410 e. The molecular weight excluding hydrogens is 492 g/mol. The van der Waals surface area contributed by atoms with Crippen LogP contribution in [0.1, 0.15) is 73.1 Å². The average molecular weight is 527 g/mol. The van der Waals surface area contributed by atoms with Crippen molar-refractivity contribution in [1.82, 2.24) is 19.9 Å². The van der Waals surface area contributed by atoms with Crippen LogP contribution in [0.15, 0.2) is 54.7 Å². The topological polar surface area (TPSA) is 105 Å². The summed E-state index contributed by atoms with van der Waals surface area (Å²) in [5.41, 5.74) is 1.71. The summed E-state index contributed by atoms with van der Waals surface area (Å²) >= 11 is 0. The van der Waals surface area contributed by atoms with Gasteiger partial charge in [-0.15, -0.1) is 0 Å². The summed E-state index contributed by atoms with van der Waals surface area (Å²) in [6.45, 7) is 6.87. The number of nitrogens with zero attached hydrogens (tertiary/aromatic N) is 3. The number of para-hydroxylation sites is 1. The Morgan fingerprint density at radius 1 is 1.05 bits per heavy atom. The molecule has 0 saturated carbocycles. The highest BCUT2D eigenvalue weighted by atomic mass is 16.6. The molecule has 0 radical (unpaired) electrons. The average Bonchev–Trinajstić information content (AvgIpc) is 3.33. The Labute approximate surface area is 227 Å². The lowest BCUT2D eigenvalue weighted by molar-refractivity contribution is 0.0161. The van der Waals surface area contributed by atoms with E-state index in [4.69, 9.17) is 4.74 Å². The summed E-state index contributed by atoms with van der Waals surface area (Å²) in [6, 6.07) is 15.1. The molecule has 202 valence electrons. The van der Waals surface area contributed by atoms with Crippen molar-refractivity contribution in [2.75, 3.05) is 13.1 Å². The molecular formula is C31H34N4O4. The Kier molecular flexibility index (Phi) is 7.46. The van der Waals surface area contributed by atoms with Crippen molar-refractivity contribution < 1.29 is 19.1 Å². The summed E-state index contributed by atoms with van der Waals surface area (Å²) < 4.78 is 5.53. The van der Waals surface area contributed by atoms with E-state index in [-0.39, 0.29) is 30.0 Å². The smallest absolute Gasteiger partial charge is 0.410 e. The van der Waals surface area contributed by atoms with Crippen molar-refractivity contribution in [2.24, 2.45) is 5.92 Å². The second kappa shape index (κ2) is 11.0. The number of Topliss-reactive ketones (excluding diaryl/α,β-unsaturated/α-hetero) is 2. The van der Waals surface area contributed by atoms with Crippen LogP contribution in [0.3, 0.4) is 0 Å². The first-order valence-electron chi connectivity index (χ1n) is 13.5. The van der Waals surface area contributed by atoms with E-state index < -0.39 is 5.60 Å².